The molecular formula is C16H19BrN4O. The average molecular weight is 363 g/mol. The minimum absolute atomic E-state index is 0.235. The van der Waals surface area contributed by atoms with Crippen molar-refractivity contribution in [2.24, 2.45) is 0 Å². The number of benzene rings is 1. The molecule has 0 atom stereocenters. The van der Waals surface area contributed by atoms with Crippen LogP contribution >= 0.6 is 15.9 Å². The number of amides is 1. The number of aromatic nitrogens is 2. The molecule has 0 unspecified atom stereocenters. The van der Waals surface area contributed by atoms with E-state index in [2.05, 4.69) is 50.0 Å². The number of nitrogens with zero attached hydrogens (tertiary/aromatic N) is 3. The van der Waals surface area contributed by atoms with E-state index in [9.17, 15) is 4.79 Å². The molecule has 5 nitrogen and oxygen atoms in total. The van der Waals surface area contributed by atoms with E-state index in [1.54, 1.807) is 13.0 Å². The van der Waals surface area contributed by atoms with Crippen molar-refractivity contribution in [3.8, 4) is 0 Å². The lowest BCUT2D eigenvalue weighted by atomic mass is 10.3. The summed E-state index contributed by atoms with van der Waals surface area (Å²) in [7, 11) is 0. The van der Waals surface area contributed by atoms with E-state index in [0.717, 1.165) is 29.1 Å². The van der Waals surface area contributed by atoms with Gasteiger partial charge in [0, 0.05) is 29.3 Å². The third-order valence-corrected chi connectivity index (χ3v) is 3.78. The number of hydrogen-bond acceptors (Lipinski definition) is 4. The first-order chi connectivity index (χ1) is 10.5. The van der Waals surface area contributed by atoms with E-state index in [0.29, 0.717) is 11.5 Å². The summed E-state index contributed by atoms with van der Waals surface area (Å²) in [6, 6.07) is 9.15. The van der Waals surface area contributed by atoms with Crippen LogP contribution in [0.5, 0.6) is 0 Å². The predicted octanol–water partition coefficient (Wildman–Crippen LogP) is 3.65. The topological polar surface area (TPSA) is 58.1 Å². The highest BCUT2D eigenvalue weighted by Gasteiger charge is 2.13. The molecule has 1 aromatic carbocycles. The predicted molar refractivity (Wildman–Crippen MR) is 92.4 cm³/mol. The Hall–Kier alpha value is -1.95. The summed E-state index contributed by atoms with van der Waals surface area (Å²) in [6.07, 6.45) is 0. The van der Waals surface area contributed by atoms with Gasteiger partial charge in [-0.1, -0.05) is 15.9 Å². The van der Waals surface area contributed by atoms with Crippen LogP contribution in [0, 0.1) is 6.92 Å². The van der Waals surface area contributed by atoms with Gasteiger partial charge in [0.05, 0.1) is 0 Å². The average Bonchev–Trinajstić information content (AvgIpc) is 2.50. The van der Waals surface area contributed by atoms with Gasteiger partial charge in [-0.25, -0.2) is 9.97 Å². The van der Waals surface area contributed by atoms with Crippen molar-refractivity contribution in [3.63, 3.8) is 0 Å². The Labute approximate surface area is 138 Å². The van der Waals surface area contributed by atoms with Gasteiger partial charge in [0.15, 0.2) is 0 Å². The zero-order valence-corrected chi connectivity index (χ0v) is 14.5. The van der Waals surface area contributed by atoms with Crippen molar-refractivity contribution in [1.82, 2.24) is 9.97 Å². The number of carbonyl (C=O) groups is 1. The third kappa shape index (κ3) is 4.04. The fourth-order valence-corrected chi connectivity index (χ4v) is 2.37. The van der Waals surface area contributed by atoms with Crippen LogP contribution < -0.4 is 10.2 Å². The Morgan fingerprint density at radius 3 is 2.41 bits per heavy atom. The van der Waals surface area contributed by atoms with E-state index in [1.807, 2.05) is 24.3 Å². The Bertz CT molecular complexity index is 654. The summed E-state index contributed by atoms with van der Waals surface area (Å²) in [4.78, 5) is 23.1. The second-order valence-corrected chi connectivity index (χ2v) is 5.71. The first kappa shape index (κ1) is 16.4. The van der Waals surface area contributed by atoms with Crippen LogP contribution in [0.4, 0.5) is 11.5 Å². The second-order valence-electron chi connectivity index (χ2n) is 4.79. The molecule has 0 aliphatic heterocycles. The standard InChI is InChI=1S/C16H19BrN4O/c1-4-21(5-2)15-10-14(18-11(3)19-15)16(22)20-13-8-6-12(17)7-9-13/h6-10H,4-5H2,1-3H3,(H,20,22). The number of carbonyl (C=O) groups excluding carboxylic acids is 1. The van der Waals surface area contributed by atoms with Crippen LogP contribution in [0.25, 0.3) is 0 Å². The van der Waals surface area contributed by atoms with E-state index in [1.165, 1.54) is 0 Å². The van der Waals surface area contributed by atoms with Crippen LogP contribution in [-0.2, 0) is 0 Å². The first-order valence-corrected chi connectivity index (χ1v) is 8.00. The normalized spacial score (nSPS) is 10.4. The van der Waals surface area contributed by atoms with Gasteiger partial charge >= 0.3 is 0 Å². The summed E-state index contributed by atoms with van der Waals surface area (Å²) < 4.78 is 0.965. The van der Waals surface area contributed by atoms with E-state index >= 15 is 0 Å². The number of nitrogens with one attached hydrogen (secondary N) is 1. The maximum Gasteiger partial charge on any atom is 0.274 e. The number of anilines is 2. The molecule has 1 heterocycles. The second kappa shape index (κ2) is 7.35. The van der Waals surface area contributed by atoms with Crippen LogP contribution in [0.2, 0.25) is 0 Å². The van der Waals surface area contributed by atoms with Crippen molar-refractivity contribution in [1.29, 1.82) is 0 Å². The molecular weight excluding hydrogens is 344 g/mol. The number of halogens is 1. The Balaban J connectivity index is 2.23. The first-order valence-electron chi connectivity index (χ1n) is 7.21. The molecule has 0 spiro atoms. The minimum atomic E-state index is -0.235. The Morgan fingerprint density at radius 1 is 1.18 bits per heavy atom. The van der Waals surface area contributed by atoms with Crippen LogP contribution in [-0.4, -0.2) is 29.0 Å². The van der Waals surface area contributed by atoms with Crippen LogP contribution in [0.3, 0.4) is 0 Å². The quantitative estimate of drug-likeness (QED) is 0.881. The van der Waals surface area contributed by atoms with Gasteiger partial charge in [-0.2, -0.15) is 0 Å². The van der Waals surface area contributed by atoms with Gasteiger partial charge in [0.25, 0.3) is 5.91 Å². The SMILES string of the molecule is CCN(CC)c1cc(C(=O)Nc2ccc(Br)cc2)nc(C)n1. The van der Waals surface area contributed by atoms with Gasteiger partial charge < -0.3 is 10.2 Å². The maximum absolute atomic E-state index is 12.4. The lowest BCUT2D eigenvalue weighted by Gasteiger charge is -2.20. The van der Waals surface area contributed by atoms with Gasteiger partial charge in [-0.3, -0.25) is 4.79 Å². The van der Waals surface area contributed by atoms with Crippen LogP contribution in [0.1, 0.15) is 30.2 Å². The third-order valence-electron chi connectivity index (χ3n) is 3.25. The molecule has 0 aliphatic carbocycles. The monoisotopic (exact) mass is 362 g/mol. The smallest absolute Gasteiger partial charge is 0.274 e. The highest BCUT2D eigenvalue weighted by molar-refractivity contribution is 9.10. The zero-order chi connectivity index (χ0) is 16.1. The van der Waals surface area contributed by atoms with Crippen molar-refractivity contribution in [2.75, 3.05) is 23.3 Å². The fourth-order valence-electron chi connectivity index (χ4n) is 2.11. The molecule has 0 fully saturated rings. The van der Waals surface area contributed by atoms with E-state index in [-0.39, 0.29) is 5.91 Å². The summed E-state index contributed by atoms with van der Waals surface area (Å²) in [5.74, 6) is 1.13. The zero-order valence-electron chi connectivity index (χ0n) is 12.9. The highest BCUT2D eigenvalue weighted by Crippen LogP contribution is 2.16. The molecule has 0 aliphatic rings. The molecule has 2 aromatic rings. The summed E-state index contributed by atoms with van der Waals surface area (Å²) in [5.41, 5.74) is 1.10. The Morgan fingerprint density at radius 2 is 1.82 bits per heavy atom. The number of aryl methyl sites for hydroxylation is 1. The Kier molecular flexibility index (Phi) is 5.49. The van der Waals surface area contributed by atoms with Crippen molar-refractivity contribution < 1.29 is 4.79 Å². The van der Waals surface area contributed by atoms with Gasteiger partial charge in [-0.15, -0.1) is 0 Å². The fraction of sp³-hybridized carbons (Fsp3) is 0.312. The van der Waals surface area contributed by atoms with Crippen molar-refractivity contribution in [2.45, 2.75) is 20.8 Å². The van der Waals surface area contributed by atoms with Crippen molar-refractivity contribution in [3.05, 3.63) is 46.3 Å². The molecule has 1 aromatic heterocycles. The molecule has 0 bridgehead atoms. The molecule has 2 rings (SSSR count). The summed E-state index contributed by atoms with van der Waals surface area (Å²) >= 11 is 3.37. The largest absolute Gasteiger partial charge is 0.357 e. The van der Waals surface area contributed by atoms with E-state index < -0.39 is 0 Å². The number of hydrogen-bond donors (Lipinski definition) is 1. The molecule has 0 saturated carbocycles. The molecule has 0 radical (unpaired) electrons. The lowest BCUT2D eigenvalue weighted by Crippen LogP contribution is -2.24. The summed E-state index contributed by atoms with van der Waals surface area (Å²) in [6.45, 7) is 7.58. The molecule has 0 saturated heterocycles. The lowest BCUT2D eigenvalue weighted by molar-refractivity contribution is 0.102. The molecule has 1 N–H and O–H groups in total. The molecule has 1 amide bonds. The minimum Gasteiger partial charge on any atom is -0.357 e. The van der Waals surface area contributed by atoms with Crippen molar-refractivity contribution >= 4 is 33.3 Å². The van der Waals surface area contributed by atoms with Gasteiger partial charge in [0.1, 0.15) is 17.3 Å². The maximum atomic E-state index is 12.4. The van der Waals surface area contributed by atoms with Crippen LogP contribution in [0.15, 0.2) is 34.8 Å². The summed E-state index contributed by atoms with van der Waals surface area (Å²) in [5, 5.41) is 2.85. The highest BCUT2D eigenvalue weighted by atomic mass is 79.9. The van der Waals surface area contributed by atoms with Gasteiger partial charge in [-0.05, 0) is 45.0 Å². The molecule has 22 heavy (non-hydrogen) atoms. The van der Waals surface area contributed by atoms with Gasteiger partial charge in [0.2, 0.25) is 0 Å². The molecule has 116 valence electrons. The molecule has 6 heteroatoms. The number of rotatable bonds is 5. The van der Waals surface area contributed by atoms with E-state index in [4.69, 9.17) is 0 Å².